The number of halogens is 1. The van der Waals surface area contributed by atoms with E-state index in [0.717, 1.165) is 22.3 Å². The highest BCUT2D eigenvalue weighted by Gasteiger charge is 2.21. The Morgan fingerprint density at radius 3 is 2.17 bits per heavy atom. The molecule has 0 aromatic heterocycles. The van der Waals surface area contributed by atoms with E-state index in [1.807, 2.05) is 45.9 Å². The third-order valence-corrected chi connectivity index (χ3v) is 6.53. The lowest BCUT2D eigenvalue weighted by molar-refractivity contribution is 0.102. The molecule has 0 aliphatic rings. The van der Waals surface area contributed by atoms with Gasteiger partial charge in [-0.3, -0.25) is 9.52 Å². The summed E-state index contributed by atoms with van der Waals surface area (Å²) in [4.78, 5) is 12.7. The third-order valence-electron chi connectivity index (χ3n) is 4.67. The summed E-state index contributed by atoms with van der Waals surface area (Å²) in [7, 11) is -3.97. The van der Waals surface area contributed by atoms with Crippen molar-refractivity contribution in [2.75, 3.05) is 10.0 Å². The first-order chi connectivity index (χ1) is 14.1. The SMILES string of the molecule is Cc1cccc(NS(=O)(=O)c2cc(C(=O)Nc3c(C)cc(C)cc3C)ccc2Cl)c1. The first kappa shape index (κ1) is 21.9. The molecular formula is C23H23ClN2O3S. The van der Waals surface area contributed by atoms with Crippen LogP contribution in [0, 0.1) is 27.7 Å². The summed E-state index contributed by atoms with van der Waals surface area (Å²) < 4.78 is 28.3. The van der Waals surface area contributed by atoms with Gasteiger partial charge in [-0.15, -0.1) is 0 Å². The Kier molecular flexibility index (Phi) is 6.19. The molecule has 2 N–H and O–H groups in total. The van der Waals surface area contributed by atoms with Crippen molar-refractivity contribution in [1.29, 1.82) is 0 Å². The van der Waals surface area contributed by atoms with E-state index in [1.165, 1.54) is 18.2 Å². The summed E-state index contributed by atoms with van der Waals surface area (Å²) in [5.74, 6) is -0.409. The molecule has 0 spiro atoms. The molecule has 1 amide bonds. The first-order valence-electron chi connectivity index (χ1n) is 9.35. The maximum absolute atomic E-state index is 12.9. The van der Waals surface area contributed by atoms with Crippen molar-refractivity contribution in [3.05, 3.63) is 87.4 Å². The number of hydrogen-bond acceptors (Lipinski definition) is 3. The van der Waals surface area contributed by atoms with E-state index in [0.29, 0.717) is 11.4 Å². The molecule has 0 heterocycles. The number of hydrogen-bond donors (Lipinski definition) is 2. The molecule has 0 aliphatic carbocycles. The fourth-order valence-corrected chi connectivity index (χ4v) is 4.91. The van der Waals surface area contributed by atoms with Crippen molar-refractivity contribution in [1.82, 2.24) is 0 Å². The van der Waals surface area contributed by atoms with Crippen molar-refractivity contribution in [2.24, 2.45) is 0 Å². The second-order valence-electron chi connectivity index (χ2n) is 7.35. The molecule has 0 bridgehead atoms. The smallest absolute Gasteiger partial charge is 0.263 e. The Morgan fingerprint density at radius 2 is 1.53 bits per heavy atom. The van der Waals surface area contributed by atoms with Crippen LogP contribution in [-0.4, -0.2) is 14.3 Å². The lowest BCUT2D eigenvalue weighted by Crippen LogP contribution is -2.17. The van der Waals surface area contributed by atoms with Gasteiger partial charge in [0.2, 0.25) is 0 Å². The normalized spacial score (nSPS) is 11.2. The summed E-state index contributed by atoms with van der Waals surface area (Å²) in [6.45, 7) is 7.69. The molecule has 0 radical (unpaired) electrons. The van der Waals surface area contributed by atoms with Gasteiger partial charge in [-0.1, -0.05) is 41.4 Å². The molecule has 0 aliphatic heterocycles. The van der Waals surface area contributed by atoms with Gasteiger partial charge in [-0.2, -0.15) is 0 Å². The van der Waals surface area contributed by atoms with E-state index in [9.17, 15) is 13.2 Å². The summed E-state index contributed by atoms with van der Waals surface area (Å²) in [5, 5.41) is 2.92. The Morgan fingerprint density at radius 1 is 0.867 bits per heavy atom. The van der Waals surface area contributed by atoms with Gasteiger partial charge in [-0.05, 0) is 74.7 Å². The lowest BCUT2D eigenvalue weighted by atomic mass is 10.0. The lowest BCUT2D eigenvalue weighted by Gasteiger charge is -2.14. The van der Waals surface area contributed by atoms with E-state index in [2.05, 4.69) is 10.0 Å². The number of amides is 1. The van der Waals surface area contributed by atoms with Crippen molar-refractivity contribution >= 4 is 38.9 Å². The molecule has 0 fully saturated rings. The van der Waals surface area contributed by atoms with E-state index in [1.54, 1.807) is 18.2 Å². The Bertz CT molecular complexity index is 1210. The second-order valence-corrected chi connectivity index (χ2v) is 9.41. The molecule has 0 unspecified atom stereocenters. The van der Waals surface area contributed by atoms with Crippen LogP contribution in [0.1, 0.15) is 32.6 Å². The zero-order valence-corrected chi connectivity index (χ0v) is 18.8. The number of anilines is 2. The second kappa shape index (κ2) is 8.50. The van der Waals surface area contributed by atoms with Crippen molar-refractivity contribution in [3.8, 4) is 0 Å². The number of nitrogens with one attached hydrogen (secondary N) is 2. The average molecular weight is 443 g/mol. The van der Waals surface area contributed by atoms with E-state index < -0.39 is 15.9 Å². The number of benzene rings is 3. The van der Waals surface area contributed by atoms with Crippen LogP contribution in [-0.2, 0) is 10.0 Å². The van der Waals surface area contributed by atoms with Gasteiger partial charge >= 0.3 is 0 Å². The Balaban J connectivity index is 1.92. The summed E-state index contributed by atoms with van der Waals surface area (Å²) >= 11 is 6.16. The first-order valence-corrected chi connectivity index (χ1v) is 11.2. The molecule has 30 heavy (non-hydrogen) atoms. The highest BCUT2D eigenvalue weighted by molar-refractivity contribution is 7.92. The molecule has 0 atom stereocenters. The molecule has 3 aromatic rings. The Hall–Kier alpha value is -2.83. The minimum atomic E-state index is -3.97. The van der Waals surface area contributed by atoms with E-state index in [-0.39, 0.29) is 15.5 Å². The molecule has 7 heteroatoms. The van der Waals surface area contributed by atoms with Gasteiger partial charge in [0.25, 0.3) is 15.9 Å². The van der Waals surface area contributed by atoms with Crippen LogP contribution in [0.4, 0.5) is 11.4 Å². The molecule has 0 saturated heterocycles. The molecule has 3 aromatic carbocycles. The minimum Gasteiger partial charge on any atom is -0.322 e. The number of sulfonamides is 1. The van der Waals surface area contributed by atoms with Gasteiger partial charge in [0.05, 0.1) is 5.02 Å². The highest BCUT2D eigenvalue weighted by atomic mass is 35.5. The van der Waals surface area contributed by atoms with E-state index >= 15 is 0 Å². The number of carbonyl (C=O) groups excluding carboxylic acids is 1. The zero-order chi connectivity index (χ0) is 22.1. The summed E-state index contributed by atoms with van der Waals surface area (Å²) in [5.41, 5.74) is 5.22. The number of rotatable bonds is 5. The monoisotopic (exact) mass is 442 g/mol. The third kappa shape index (κ3) is 4.83. The van der Waals surface area contributed by atoms with Crippen LogP contribution < -0.4 is 10.0 Å². The average Bonchev–Trinajstić information content (AvgIpc) is 2.64. The molecule has 5 nitrogen and oxygen atoms in total. The van der Waals surface area contributed by atoms with Crippen molar-refractivity contribution in [3.63, 3.8) is 0 Å². The van der Waals surface area contributed by atoms with Crippen LogP contribution in [0.15, 0.2) is 59.5 Å². The maximum atomic E-state index is 12.9. The van der Waals surface area contributed by atoms with Crippen LogP contribution >= 0.6 is 11.6 Å². The quantitative estimate of drug-likeness (QED) is 0.537. The zero-order valence-electron chi connectivity index (χ0n) is 17.2. The summed E-state index contributed by atoms with van der Waals surface area (Å²) in [6, 6.07) is 15.1. The van der Waals surface area contributed by atoms with Crippen LogP contribution in [0.2, 0.25) is 5.02 Å². The number of aryl methyl sites for hydroxylation is 4. The van der Waals surface area contributed by atoms with E-state index in [4.69, 9.17) is 11.6 Å². The van der Waals surface area contributed by atoms with Gasteiger partial charge in [0.15, 0.2) is 0 Å². The van der Waals surface area contributed by atoms with Gasteiger partial charge in [-0.25, -0.2) is 8.42 Å². The highest BCUT2D eigenvalue weighted by Crippen LogP contribution is 2.27. The standard InChI is InChI=1S/C23H23ClN2O3S/c1-14-6-5-7-19(12-14)26-30(28,29)21-13-18(8-9-20(21)24)23(27)25-22-16(3)10-15(2)11-17(22)4/h5-13,26H,1-4H3,(H,25,27). The topological polar surface area (TPSA) is 75.3 Å². The molecule has 0 saturated carbocycles. The fraction of sp³-hybridized carbons (Fsp3) is 0.174. The molecule has 3 rings (SSSR count). The van der Waals surface area contributed by atoms with Gasteiger partial charge in [0.1, 0.15) is 4.90 Å². The van der Waals surface area contributed by atoms with Crippen LogP contribution in [0.5, 0.6) is 0 Å². The predicted octanol–water partition coefficient (Wildman–Crippen LogP) is 5.63. The van der Waals surface area contributed by atoms with Crippen LogP contribution in [0.3, 0.4) is 0 Å². The minimum absolute atomic E-state index is 0.0365. The van der Waals surface area contributed by atoms with Crippen molar-refractivity contribution in [2.45, 2.75) is 32.6 Å². The number of carbonyl (C=O) groups is 1. The van der Waals surface area contributed by atoms with Gasteiger partial charge in [0, 0.05) is 16.9 Å². The molecule has 156 valence electrons. The predicted molar refractivity (Wildman–Crippen MR) is 122 cm³/mol. The maximum Gasteiger partial charge on any atom is 0.263 e. The Labute approximate surface area is 182 Å². The van der Waals surface area contributed by atoms with Gasteiger partial charge < -0.3 is 5.32 Å². The van der Waals surface area contributed by atoms with Crippen molar-refractivity contribution < 1.29 is 13.2 Å². The summed E-state index contributed by atoms with van der Waals surface area (Å²) in [6.07, 6.45) is 0. The largest absolute Gasteiger partial charge is 0.322 e. The fourth-order valence-electron chi connectivity index (χ4n) is 3.33. The molecular weight excluding hydrogens is 420 g/mol. The van der Waals surface area contributed by atoms with Crippen LogP contribution in [0.25, 0.3) is 0 Å².